The van der Waals surface area contributed by atoms with Crippen molar-refractivity contribution in [1.29, 1.82) is 0 Å². The third-order valence-electron chi connectivity index (χ3n) is 3.53. The van der Waals surface area contributed by atoms with Gasteiger partial charge in [0.1, 0.15) is 5.75 Å². The summed E-state index contributed by atoms with van der Waals surface area (Å²) in [5.41, 5.74) is 0.843. The van der Waals surface area contributed by atoms with E-state index >= 15 is 0 Å². The van der Waals surface area contributed by atoms with E-state index in [0.29, 0.717) is 18.0 Å². The van der Waals surface area contributed by atoms with Crippen molar-refractivity contribution in [2.24, 2.45) is 0 Å². The number of nitrogens with zero attached hydrogens (tertiary/aromatic N) is 1. The largest absolute Gasteiger partial charge is 0.494 e. The van der Waals surface area contributed by atoms with Crippen LogP contribution < -0.4 is 10.1 Å². The molecule has 0 radical (unpaired) electrons. The van der Waals surface area contributed by atoms with E-state index in [-0.39, 0.29) is 6.04 Å². The molecule has 1 N–H and O–H groups in total. The predicted molar refractivity (Wildman–Crippen MR) is 78.6 cm³/mol. The van der Waals surface area contributed by atoms with Crippen LogP contribution in [0.1, 0.15) is 19.4 Å². The van der Waals surface area contributed by atoms with E-state index in [1.54, 1.807) is 22.5 Å². The molecule has 0 aliphatic carbocycles. The Morgan fingerprint density at radius 1 is 1.35 bits per heavy atom. The summed E-state index contributed by atoms with van der Waals surface area (Å²) in [5, 5.41) is 3.11. The monoisotopic (exact) mass is 298 g/mol. The molecule has 1 aromatic rings. The van der Waals surface area contributed by atoms with E-state index in [1.807, 2.05) is 20.8 Å². The molecule has 2 rings (SSSR count). The molecule has 0 bridgehead atoms. The van der Waals surface area contributed by atoms with Crippen molar-refractivity contribution < 1.29 is 13.2 Å². The Hall–Kier alpha value is -1.11. The Labute approximate surface area is 121 Å². The van der Waals surface area contributed by atoms with Gasteiger partial charge in [0, 0.05) is 25.7 Å². The number of sulfonamides is 1. The second kappa shape index (κ2) is 6.11. The summed E-state index contributed by atoms with van der Waals surface area (Å²) in [4.78, 5) is 0.340. The van der Waals surface area contributed by atoms with Gasteiger partial charge in [0.05, 0.1) is 11.5 Å². The van der Waals surface area contributed by atoms with E-state index < -0.39 is 10.0 Å². The number of benzene rings is 1. The van der Waals surface area contributed by atoms with Crippen LogP contribution in [0.15, 0.2) is 23.1 Å². The minimum absolute atomic E-state index is 0.0666. The van der Waals surface area contributed by atoms with Crippen LogP contribution in [0.2, 0.25) is 0 Å². The number of hydrogen-bond donors (Lipinski definition) is 1. The van der Waals surface area contributed by atoms with Crippen LogP contribution in [0.4, 0.5) is 0 Å². The van der Waals surface area contributed by atoms with Crippen LogP contribution in [0.25, 0.3) is 0 Å². The fourth-order valence-corrected chi connectivity index (χ4v) is 4.05. The number of nitrogens with one attached hydrogen (secondary N) is 1. The number of ether oxygens (including phenoxy) is 1. The van der Waals surface area contributed by atoms with Gasteiger partial charge in [-0.2, -0.15) is 4.31 Å². The van der Waals surface area contributed by atoms with E-state index in [4.69, 9.17) is 4.74 Å². The molecular weight excluding hydrogens is 276 g/mol. The maximum Gasteiger partial charge on any atom is 0.243 e. The molecule has 20 heavy (non-hydrogen) atoms. The summed E-state index contributed by atoms with van der Waals surface area (Å²) in [6, 6.07) is 5.12. The van der Waals surface area contributed by atoms with E-state index in [9.17, 15) is 8.42 Å². The summed E-state index contributed by atoms with van der Waals surface area (Å²) < 4.78 is 32.4. The molecule has 1 aromatic carbocycles. The molecule has 0 aromatic heterocycles. The molecule has 0 atom stereocenters. The minimum Gasteiger partial charge on any atom is -0.494 e. The van der Waals surface area contributed by atoms with E-state index in [2.05, 4.69) is 5.32 Å². The first-order chi connectivity index (χ1) is 9.50. The van der Waals surface area contributed by atoms with E-state index in [0.717, 1.165) is 24.4 Å². The Balaban J connectivity index is 2.30. The summed E-state index contributed by atoms with van der Waals surface area (Å²) in [6.45, 7) is 8.16. The highest BCUT2D eigenvalue weighted by molar-refractivity contribution is 7.89. The Morgan fingerprint density at radius 3 is 2.50 bits per heavy atom. The lowest BCUT2D eigenvalue weighted by Gasteiger charge is -2.36. The maximum absolute atomic E-state index is 12.7. The van der Waals surface area contributed by atoms with Crippen molar-refractivity contribution in [1.82, 2.24) is 9.62 Å². The molecule has 0 saturated carbocycles. The van der Waals surface area contributed by atoms with Crippen molar-refractivity contribution in [3.05, 3.63) is 23.8 Å². The molecule has 0 unspecified atom stereocenters. The second-order valence-corrected chi connectivity index (χ2v) is 6.77. The second-order valence-electron chi connectivity index (χ2n) is 4.88. The molecule has 1 aliphatic rings. The zero-order valence-electron chi connectivity index (χ0n) is 12.2. The van der Waals surface area contributed by atoms with Gasteiger partial charge < -0.3 is 10.1 Å². The van der Waals surface area contributed by atoms with Crippen LogP contribution in [-0.4, -0.2) is 45.0 Å². The summed E-state index contributed by atoms with van der Waals surface area (Å²) >= 11 is 0. The average Bonchev–Trinajstić information content (AvgIpc) is 2.35. The average molecular weight is 298 g/mol. The molecule has 1 fully saturated rings. The molecule has 1 heterocycles. The lowest BCUT2D eigenvalue weighted by atomic mass is 10.2. The fourth-order valence-electron chi connectivity index (χ4n) is 2.34. The quantitative estimate of drug-likeness (QED) is 0.862. The normalized spacial score (nSPS) is 16.2. The molecule has 112 valence electrons. The molecular formula is C14H22N2O3S. The lowest BCUT2D eigenvalue weighted by molar-refractivity contribution is 0.249. The van der Waals surface area contributed by atoms with Gasteiger partial charge in [-0.05, 0) is 37.6 Å². The van der Waals surface area contributed by atoms with Crippen molar-refractivity contribution in [3.63, 3.8) is 0 Å². The topological polar surface area (TPSA) is 58.6 Å². The molecule has 0 spiro atoms. The van der Waals surface area contributed by atoms with Crippen molar-refractivity contribution in [2.75, 3.05) is 26.2 Å². The van der Waals surface area contributed by atoms with Crippen molar-refractivity contribution >= 4 is 10.0 Å². The zero-order valence-corrected chi connectivity index (χ0v) is 13.0. The molecule has 5 nitrogen and oxygen atoms in total. The predicted octanol–water partition coefficient (Wildman–Crippen LogP) is 1.38. The van der Waals surface area contributed by atoms with Gasteiger partial charge in [-0.15, -0.1) is 0 Å². The number of rotatable bonds is 6. The van der Waals surface area contributed by atoms with Gasteiger partial charge in [-0.3, -0.25) is 0 Å². The first-order valence-electron chi connectivity index (χ1n) is 6.96. The van der Waals surface area contributed by atoms with Gasteiger partial charge >= 0.3 is 0 Å². The Kier molecular flexibility index (Phi) is 4.67. The third-order valence-corrected chi connectivity index (χ3v) is 5.56. The standard InChI is InChI=1S/C14H22N2O3S/c1-4-16(12-9-15-10-12)20(17,18)13-6-7-14(19-5-2)11(3)8-13/h6-8,12,15H,4-5,9-10H2,1-3H3. The summed E-state index contributed by atoms with van der Waals surface area (Å²) in [5.74, 6) is 0.736. The van der Waals surface area contributed by atoms with Crippen LogP contribution in [0.3, 0.4) is 0 Å². The van der Waals surface area contributed by atoms with Gasteiger partial charge in [0.25, 0.3) is 0 Å². The van der Waals surface area contributed by atoms with Gasteiger partial charge in [0.15, 0.2) is 0 Å². The van der Waals surface area contributed by atoms with Gasteiger partial charge in [-0.1, -0.05) is 6.92 Å². The first-order valence-corrected chi connectivity index (χ1v) is 8.40. The SMILES string of the molecule is CCOc1ccc(S(=O)(=O)N(CC)C2CNC2)cc1C. The van der Waals surface area contributed by atoms with Crippen LogP contribution in [0, 0.1) is 6.92 Å². The van der Waals surface area contributed by atoms with Gasteiger partial charge in [0.2, 0.25) is 10.0 Å². The van der Waals surface area contributed by atoms with Crippen molar-refractivity contribution in [3.8, 4) is 5.75 Å². The molecule has 0 amide bonds. The zero-order chi connectivity index (χ0) is 14.8. The summed E-state index contributed by atoms with van der Waals surface area (Å²) in [6.07, 6.45) is 0. The highest BCUT2D eigenvalue weighted by Crippen LogP contribution is 2.25. The lowest BCUT2D eigenvalue weighted by Crippen LogP contribution is -2.58. The Bertz CT molecular complexity index is 568. The van der Waals surface area contributed by atoms with E-state index in [1.165, 1.54) is 0 Å². The maximum atomic E-state index is 12.7. The van der Waals surface area contributed by atoms with Crippen molar-refractivity contribution in [2.45, 2.75) is 31.7 Å². The Morgan fingerprint density at radius 2 is 2.05 bits per heavy atom. The highest BCUT2D eigenvalue weighted by Gasteiger charge is 2.33. The van der Waals surface area contributed by atoms with Crippen LogP contribution in [-0.2, 0) is 10.0 Å². The number of likely N-dealkylation sites (N-methyl/N-ethyl adjacent to an activating group) is 1. The minimum atomic E-state index is -3.43. The highest BCUT2D eigenvalue weighted by atomic mass is 32.2. The number of hydrogen-bond acceptors (Lipinski definition) is 4. The molecule has 1 aliphatic heterocycles. The summed E-state index contributed by atoms with van der Waals surface area (Å²) in [7, 11) is -3.43. The number of aryl methyl sites for hydroxylation is 1. The van der Waals surface area contributed by atoms with Crippen LogP contribution >= 0.6 is 0 Å². The van der Waals surface area contributed by atoms with Crippen LogP contribution in [0.5, 0.6) is 5.75 Å². The first kappa shape index (κ1) is 15.3. The smallest absolute Gasteiger partial charge is 0.243 e. The van der Waals surface area contributed by atoms with Gasteiger partial charge in [-0.25, -0.2) is 8.42 Å². The third kappa shape index (κ3) is 2.82. The fraction of sp³-hybridized carbons (Fsp3) is 0.571. The molecule has 6 heteroatoms. The molecule has 1 saturated heterocycles.